The summed E-state index contributed by atoms with van der Waals surface area (Å²) in [6, 6.07) is 13.2. The van der Waals surface area contributed by atoms with Crippen LogP contribution in [0, 0.1) is 6.92 Å². The summed E-state index contributed by atoms with van der Waals surface area (Å²) in [5.74, 6) is -1.54. The molecule has 2 N–H and O–H groups in total. The third kappa shape index (κ3) is 2.70. The zero-order valence-corrected chi connectivity index (χ0v) is 13.7. The normalized spacial score (nSPS) is 10.6. The second-order valence-corrected chi connectivity index (χ2v) is 5.64. The van der Waals surface area contributed by atoms with Gasteiger partial charge in [-0.2, -0.15) is 0 Å². The first-order chi connectivity index (χ1) is 12.0. The third-order valence-electron chi connectivity index (χ3n) is 4.22. The number of ether oxygens (including phenoxy) is 1. The first-order valence-electron chi connectivity index (χ1n) is 7.62. The number of methoxy groups -OCH3 is 1. The number of hydrogen-bond acceptors (Lipinski definition) is 5. The molecule has 0 aromatic heterocycles. The maximum atomic E-state index is 12.9. The van der Waals surface area contributed by atoms with Crippen molar-refractivity contribution >= 4 is 22.5 Å². The average molecular weight is 336 g/mol. The molecule has 0 bridgehead atoms. The highest BCUT2D eigenvalue weighted by Gasteiger charge is 2.23. The zero-order chi connectivity index (χ0) is 18.1. The Labute approximate surface area is 144 Å². The van der Waals surface area contributed by atoms with Crippen molar-refractivity contribution in [1.29, 1.82) is 0 Å². The number of aromatic hydroxyl groups is 2. The van der Waals surface area contributed by atoms with Gasteiger partial charge in [-0.05, 0) is 36.1 Å². The van der Waals surface area contributed by atoms with Crippen LogP contribution in [0.25, 0.3) is 10.8 Å². The van der Waals surface area contributed by atoms with Gasteiger partial charge in [0.05, 0.1) is 12.7 Å². The van der Waals surface area contributed by atoms with Crippen LogP contribution >= 0.6 is 0 Å². The van der Waals surface area contributed by atoms with E-state index in [9.17, 15) is 19.8 Å². The average Bonchev–Trinajstić information content (AvgIpc) is 2.61. The van der Waals surface area contributed by atoms with E-state index >= 15 is 0 Å². The Hall–Kier alpha value is -3.34. The first kappa shape index (κ1) is 16.5. The topological polar surface area (TPSA) is 83.8 Å². The van der Waals surface area contributed by atoms with E-state index in [1.165, 1.54) is 19.2 Å². The predicted molar refractivity (Wildman–Crippen MR) is 93.2 cm³/mol. The molecule has 0 saturated heterocycles. The summed E-state index contributed by atoms with van der Waals surface area (Å²) in [7, 11) is 1.20. The molecule has 5 nitrogen and oxygen atoms in total. The van der Waals surface area contributed by atoms with Crippen LogP contribution in [0.5, 0.6) is 11.5 Å². The van der Waals surface area contributed by atoms with Gasteiger partial charge < -0.3 is 14.9 Å². The van der Waals surface area contributed by atoms with E-state index in [2.05, 4.69) is 4.74 Å². The fourth-order valence-electron chi connectivity index (χ4n) is 2.89. The Morgan fingerprint density at radius 1 is 0.920 bits per heavy atom. The maximum absolute atomic E-state index is 12.9. The summed E-state index contributed by atoms with van der Waals surface area (Å²) in [5, 5.41) is 21.8. The van der Waals surface area contributed by atoms with Gasteiger partial charge in [-0.25, -0.2) is 4.79 Å². The molecule has 0 spiro atoms. The number of fused-ring (bicyclic) bond motifs is 1. The molecule has 3 rings (SSSR count). The lowest BCUT2D eigenvalue weighted by Gasteiger charge is -2.12. The van der Waals surface area contributed by atoms with Gasteiger partial charge in [-0.1, -0.05) is 30.3 Å². The highest BCUT2D eigenvalue weighted by Crippen LogP contribution is 2.32. The molecule has 0 saturated carbocycles. The van der Waals surface area contributed by atoms with E-state index in [-0.39, 0.29) is 28.2 Å². The lowest BCUT2D eigenvalue weighted by atomic mass is 9.93. The van der Waals surface area contributed by atoms with Crippen molar-refractivity contribution in [3.05, 3.63) is 70.8 Å². The molecule has 0 amide bonds. The number of phenols is 2. The molecular formula is C20H16O5. The molecule has 0 heterocycles. The van der Waals surface area contributed by atoms with Crippen LogP contribution in [0.2, 0.25) is 0 Å². The van der Waals surface area contributed by atoms with E-state index < -0.39 is 11.8 Å². The van der Waals surface area contributed by atoms with Crippen LogP contribution < -0.4 is 0 Å². The van der Waals surface area contributed by atoms with Crippen molar-refractivity contribution in [2.75, 3.05) is 7.11 Å². The number of ketones is 1. The minimum atomic E-state index is -0.729. The highest BCUT2D eigenvalue weighted by molar-refractivity contribution is 6.15. The number of carbonyl (C=O) groups is 2. The maximum Gasteiger partial charge on any atom is 0.341 e. The molecule has 0 radical (unpaired) electrons. The standard InChI is InChI=1S/C20H16O5/c1-11-13(9-10-16(21)17(11)20(24)25-2)18(22)15-8-7-12-5-3-4-6-14(12)19(15)23/h3-10,21,23H,1-2H3. The fourth-order valence-corrected chi connectivity index (χ4v) is 2.89. The van der Waals surface area contributed by atoms with Crippen LogP contribution in [0.4, 0.5) is 0 Å². The Balaban J connectivity index is 2.17. The van der Waals surface area contributed by atoms with Crippen LogP contribution in [0.1, 0.15) is 31.8 Å². The summed E-state index contributed by atoms with van der Waals surface area (Å²) >= 11 is 0. The highest BCUT2D eigenvalue weighted by atomic mass is 16.5. The van der Waals surface area contributed by atoms with Crippen LogP contribution in [-0.4, -0.2) is 29.1 Å². The molecule has 0 fully saturated rings. The lowest BCUT2D eigenvalue weighted by Crippen LogP contribution is -2.10. The number of phenolic OH excluding ortho intramolecular Hbond substituents is 2. The molecule has 0 aliphatic rings. The van der Waals surface area contributed by atoms with Gasteiger partial charge in [-0.3, -0.25) is 4.79 Å². The summed E-state index contributed by atoms with van der Waals surface area (Å²) in [6.45, 7) is 1.55. The molecule has 0 unspecified atom stereocenters. The Morgan fingerprint density at radius 3 is 2.32 bits per heavy atom. The Kier molecular flexibility index (Phi) is 4.15. The Bertz CT molecular complexity index is 1000. The van der Waals surface area contributed by atoms with E-state index in [4.69, 9.17) is 0 Å². The summed E-state index contributed by atoms with van der Waals surface area (Å²) in [6.07, 6.45) is 0. The van der Waals surface area contributed by atoms with Gasteiger partial charge in [0.15, 0.2) is 5.78 Å². The summed E-state index contributed by atoms with van der Waals surface area (Å²) in [4.78, 5) is 24.8. The first-order valence-corrected chi connectivity index (χ1v) is 7.62. The van der Waals surface area contributed by atoms with Gasteiger partial charge >= 0.3 is 5.97 Å². The molecule has 0 atom stereocenters. The monoisotopic (exact) mass is 336 g/mol. The molecule has 5 heteroatoms. The molecule has 126 valence electrons. The lowest BCUT2D eigenvalue weighted by molar-refractivity contribution is 0.0596. The van der Waals surface area contributed by atoms with Gasteiger partial charge in [0.25, 0.3) is 0 Å². The Morgan fingerprint density at radius 2 is 1.60 bits per heavy atom. The number of hydrogen-bond donors (Lipinski definition) is 2. The minimum Gasteiger partial charge on any atom is -0.507 e. The van der Waals surface area contributed by atoms with Crippen molar-refractivity contribution in [3.8, 4) is 11.5 Å². The van der Waals surface area contributed by atoms with Gasteiger partial charge in [0.1, 0.15) is 17.1 Å². The molecule has 0 aliphatic heterocycles. The van der Waals surface area contributed by atoms with Crippen LogP contribution in [0.15, 0.2) is 48.5 Å². The predicted octanol–water partition coefficient (Wildman–Crippen LogP) is 3.58. The number of benzene rings is 3. The molecule has 3 aromatic rings. The van der Waals surface area contributed by atoms with Crippen molar-refractivity contribution < 1.29 is 24.5 Å². The summed E-state index contributed by atoms with van der Waals surface area (Å²) < 4.78 is 4.66. The van der Waals surface area contributed by atoms with E-state index in [1.54, 1.807) is 31.2 Å². The molecule has 25 heavy (non-hydrogen) atoms. The van der Waals surface area contributed by atoms with Crippen molar-refractivity contribution in [1.82, 2.24) is 0 Å². The van der Waals surface area contributed by atoms with E-state index in [0.29, 0.717) is 10.9 Å². The third-order valence-corrected chi connectivity index (χ3v) is 4.22. The van der Waals surface area contributed by atoms with Gasteiger partial charge in [-0.15, -0.1) is 0 Å². The second kappa shape index (κ2) is 6.28. The van der Waals surface area contributed by atoms with Crippen molar-refractivity contribution in [2.45, 2.75) is 6.92 Å². The molecular weight excluding hydrogens is 320 g/mol. The molecule has 3 aromatic carbocycles. The number of carbonyl (C=O) groups excluding carboxylic acids is 2. The van der Waals surface area contributed by atoms with Gasteiger partial charge in [0.2, 0.25) is 0 Å². The smallest absolute Gasteiger partial charge is 0.341 e. The fraction of sp³-hybridized carbons (Fsp3) is 0.100. The molecule has 0 aliphatic carbocycles. The minimum absolute atomic E-state index is 0.0615. The quantitative estimate of drug-likeness (QED) is 0.564. The largest absolute Gasteiger partial charge is 0.507 e. The number of esters is 1. The van der Waals surface area contributed by atoms with Crippen LogP contribution in [0.3, 0.4) is 0 Å². The SMILES string of the molecule is COC(=O)c1c(O)ccc(C(=O)c2ccc3ccccc3c2O)c1C. The van der Waals surface area contributed by atoms with Crippen molar-refractivity contribution in [2.24, 2.45) is 0 Å². The van der Waals surface area contributed by atoms with Crippen LogP contribution in [-0.2, 0) is 4.74 Å². The van der Waals surface area contributed by atoms with Gasteiger partial charge in [0, 0.05) is 10.9 Å². The van der Waals surface area contributed by atoms with E-state index in [1.807, 2.05) is 12.1 Å². The van der Waals surface area contributed by atoms with E-state index in [0.717, 1.165) is 5.39 Å². The zero-order valence-electron chi connectivity index (χ0n) is 13.7. The number of rotatable bonds is 3. The second-order valence-electron chi connectivity index (χ2n) is 5.64. The summed E-state index contributed by atoms with van der Waals surface area (Å²) in [5.41, 5.74) is 0.574. The van der Waals surface area contributed by atoms with Crippen molar-refractivity contribution in [3.63, 3.8) is 0 Å².